The van der Waals surface area contributed by atoms with Crippen molar-refractivity contribution in [3.63, 3.8) is 0 Å². The molecule has 0 aliphatic rings. The molecule has 1 aromatic carbocycles. The van der Waals surface area contributed by atoms with Gasteiger partial charge in [0.1, 0.15) is 5.75 Å². The van der Waals surface area contributed by atoms with E-state index in [1.165, 1.54) is 10.4 Å². The molecule has 0 fully saturated rings. The maximum atomic E-state index is 5.38. The topological polar surface area (TPSA) is 40.1 Å². The van der Waals surface area contributed by atoms with Crippen molar-refractivity contribution in [1.29, 1.82) is 0 Å². The van der Waals surface area contributed by atoms with Crippen molar-refractivity contribution in [2.24, 2.45) is 4.99 Å². The number of hydrogen-bond donors (Lipinski definition) is 1. The van der Waals surface area contributed by atoms with E-state index < -0.39 is 0 Å². The van der Waals surface area contributed by atoms with Crippen LogP contribution >= 0.6 is 11.3 Å². The van der Waals surface area contributed by atoms with Crippen LogP contribution in [-0.4, -0.2) is 63.6 Å². The first-order chi connectivity index (χ1) is 13.0. The number of nitrogens with zero attached hydrogens (tertiary/aromatic N) is 3. The molecule has 0 bridgehead atoms. The molecule has 27 heavy (non-hydrogen) atoms. The summed E-state index contributed by atoms with van der Waals surface area (Å²) < 4.78 is 5.38. The summed E-state index contributed by atoms with van der Waals surface area (Å²) >= 11 is 1.81. The largest absolute Gasteiger partial charge is 0.497 e. The van der Waals surface area contributed by atoms with Gasteiger partial charge in [-0.05, 0) is 56.6 Å². The summed E-state index contributed by atoms with van der Waals surface area (Å²) in [6, 6.07) is 12.7. The Morgan fingerprint density at radius 1 is 1.22 bits per heavy atom. The fourth-order valence-electron chi connectivity index (χ4n) is 2.90. The van der Waals surface area contributed by atoms with Gasteiger partial charge in [-0.1, -0.05) is 18.2 Å². The average Bonchev–Trinajstić information content (AvgIpc) is 3.19. The Hall–Kier alpha value is -2.05. The summed E-state index contributed by atoms with van der Waals surface area (Å²) in [6.45, 7) is 4.59. The smallest absolute Gasteiger partial charge is 0.193 e. The average molecular weight is 389 g/mol. The van der Waals surface area contributed by atoms with E-state index in [-0.39, 0.29) is 6.04 Å². The van der Waals surface area contributed by atoms with Gasteiger partial charge in [0.05, 0.1) is 19.7 Å². The fraction of sp³-hybridized carbons (Fsp3) is 0.476. The molecule has 1 atom stereocenters. The van der Waals surface area contributed by atoms with Gasteiger partial charge in [-0.3, -0.25) is 4.99 Å². The number of nitrogens with one attached hydrogen (secondary N) is 1. The number of likely N-dealkylation sites (N-methyl/N-ethyl adjacent to an activating group) is 2. The molecule has 0 saturated carbocycles. The third-order valence-electron chi connectivity index (χ3n) is 4.49. The zero-order valence-electron chi connectivity index (χ0n) is 17.1. The number of methoxy groups -OCH3 is 1. The van der Waals surface area contributed by atoms with Crippen LogP contribution in [0, 0.1) is 0 Å². The van der Waals surface area contributed by atoms with Crippen molar-refractivity contribution in [3.8, 4) is 5.75 Å². The van der Waals surface area contributed by atoms with Crippen LogP contribution in [0.5, 0.6) is 5.75 Å². The van der Waals surface area contributed by atoms with E-state index in [4.69, 9.17) is 9.73 Å². The van der Waals surface area contributed by atoms with Gasteiger partial charge in [0.2, 0.25) is 0 Å². The summed E-state index contributed by atoms with van der Waals surface area (Å²) in [5, 5.41) is 5.55. The van der Waals surface area contributed by atoms with E-state index in [2.05, 4.69) is 72.8 Å². The maximum Gasteiger partial charge on any atom is 0.193 e. The lowest BCUT2D eigenvalue weighted by Gasteiger charge is -2.26. The second kappa shape index (κ2) is 10.9. The van der Waals surface area contributed by atoms with Crippen molar-refractivity contribution in [3.05, 3.63) is 52.2 Å². The molecule has 0 aliphatic heterocycles. The Morgan fingerprint density at radius 3 is 2.67 bits per heavy atom. The molecule has 5 nitrogen and oxygen atoms in total. The maximum absolute atomic E-state index is 5.38. The number of aliphatic imine (C=N–C) groups is 1. The molecule has 6 heteroatoms. The monoisotopic (exact) mass is 388 g/mol. The normalized spacial score (nSPS) is 12.9. The van der Waals surface area contributed by atoms with Gasteiger partial charge in [-0.2, -0.15) is 0 Å². The molecular formula is C21H32N4OS. The minimum absolute atomic E-state index is 0.194. The zero-order valence-corrected chi connectivity index (χ0v) is 17.9. The van der Waals surface area contributed by atoms with E-state index in [0.29, 0.717) is 6.54 Å². The molecule has 1 unspecified atom stereocenters. The predicted octanol–water partition coefficient (Wildman–Crippen LogP) is 3.50. The van der Waals surface area contributed by atoms with Crippen LogP contribution in [0.25, 0.3) is 0 Å². The molecule has 0 amide bonds. The Bertz CT molecular complexity index is 700. The third kappa shape index (κ3) is 6.56. The van der Waals surface area contributed by atoms with Crippen LogP contribution in [0.3, 0.4) is 0 Å². The highest BCUT2D eigenvalue weighted by Gasteiger charge is 2.16. The second-order valence-electron chi connectivity index (χ2n) is 6.70. The molecule has 0 spiro atoms. The minimum Gasteiger partial charge on any atom is -0.497 e. The summed E-state index contributed by atoms with van der Waals surface area (Å²) in [6.07, 6.45) is 1.03. The number of hydrogen-bond acceptors (Lipinski definition) is 4. The van der Waals surface area contributed by atoms with Crippen molar-refractivity contribution in [2.45, 2.75) is 19.4 Å². The molecule has 148 valence electrons. The van der Waals surface area contributed by atoms with E-state index in [1.807, 2.05) is 23.5 Å². The molecule has 0 aliphatic carbocycles. The van der Waals surface area contributed by atoms with Crippen molar-refractivity contribution < 1.29 is 4.74 Å². The molecule has 1 aromatic heterocycles. The highest BCUT2D eigenvalue weighted by Crippen LogP contribution is 2.23. The second-order valence-corrected chi connectivity index (χ2v) is 7.73. The molecular weight excluding hydrogens is 356 g/mol. The Balaban J connectivity index is 2.08. The van der Waals surface area contributed by atoms with Crippen LogP contribution in [-0.2, 0) is 6.42 Å². The molecule has 1 heterocycles. The van der Waals surface area contributed by atoms with Gasteiger partial charge in [0.15, 0.2) is 5.96 Å². The Labute approximate surface area is 167 Å². The first kappa shape index (κ1) is 21.3. The van der Waals surface area contributed by atoms with Crippen molar-refractivity contribution >= 4 is 17.3 Å². The molecule has 0 saturated heterocycles. The first-order valence-corrected chi connectivity index (χ1v) is 10.2. The van der Waals surface area contributed by atoms with Crippen LogP contribution in [0.1, 0.15) is 23.4 Å². The molecule has 2 rings (SSSR count). The van der Waals surface area contributed by atoms with Gasteiger partial charge in [-0.15, -0.1) is 11.3 Å². The highest BCUT2D eigenvalue weighted by molar-refractivity contribution is 7.09. The van der Waals surface area contributed by atoms with Gasteiger partial charge < -0.3 is 19.9 Å². The number of ether oxygens (including phenoxy) is 1. The lowest BCUT2D eigenvalue weighted by Crippen LogP contribution is -2.40. The number of rotatable bonds is 9. The van der Waals surface area contributed by atoms with Gasteiger partial charge in [-0.25, -0.2) is 0 Å². The van der Waals surface area contributed by atoms with Gasteiger partial charge >= 0.3 is 0 Å². The van der Waals surface area contributed by atoms with E-state index in [0.717, 1.165) is 31.2 Å². The Morgan fingerprint density at radius 2 is 2.04 bits per heavy atom. The van der Waals surface area contributed by atoms with Crippen molar-refractivity contribution in [2.75, 3.05) is 47.9 Å². The van der Waals surface area contributed by atoms with E-state index in [1.54, 1.807) is 7.11 Å². The van der Waals surface area contributed by atoms with Crippen LogP contribution in [0.4, 0.5) is 0 Å². The molecule has 2 aromatic rings. The van der Waals surface area contributed by atoms with Crippen LogP contribution < -0.4 is 10.1 Å². The number of benzene rings is 1. The highest BCUT2D eigenvalue weighted by atomic mass is 32.1. The Kier molecular flexibility index (Phi) is 8.61. The molecule has 1 N–H and O–H groups in total. The summed E-state index contributed by atoms with van der Waals surface area (Å²) in [7, 11) is 7.99. The molecule has 0 radical (unpaired) electrons. The predicted molar refractivity (Wildman–Crippen MR) is 116 cm³/mol. The van der Waals surface area contributed by atoms with Crippen molar-refractivity contribution in [1.82, 2.24) is 15.1 Å². The standard InChI is InChI=1S/C21H32N4OS/c1-6-22-21(25(4)13-12-19-11-8-14-27-19)23-16-20(24(2)3)17-9-7-10-18(15-17)26-5/h7-11,14-15,20H,6,12-13,16H2,1-5H3,(H,22,23). The summed E-state index contributed by atoms with van der Waals surface area (Å²) in [5.74, 6) is 1.83. The SMILES string of the molecule is CCNC(=NCC(c1cccc(OC)c1)N(C)C)N(C)CCc1cccs1. The van der Waals surface area contributed by atoms with Crippen LogP contribution in [0.15, 0.2) is 46.8 Å². The number of guanidine groups is 1. The quantitative estimate of drug-likeness (QED) is 0.527. The first-order valence-electron chi connectivity index (χ1n) is 9.37. The zero-order chi connectivity index (χ0) is 19.6. The number of thiophene rings is 1. The van der Waals surface area contributed by atoms with E-state index in [9.17, 15) is 0 Å². The lowest BCUT2D eigenvalue weighted by atomic mass is 10.1. The summed E-state index contributed by atoms with van der Waals surface area (Å²) in [4.78, 5) is 10.7. The fourth-order valence-corrected chi connectivity index (χ4v) is 3.60. The van der Waals surface area contributed by atoms with Gasteiger partial charge in [0, 0.05) is 25.0 Å². The van der Waals surface area contributed by atoms with E-state index >= 15 is 0 Å². The lowest BCUT2D eigenvalue weighted by molar-refractivity contribution is 0.304. The third-order valence-corrected chi connectivity index (χ3v) is 5.42. The minimum atomic E-state index is 0.194. The van der Waals surface area contributed by atoms with Crippen LogP contribution in [0.2, 0.25) is 0 Å². The summed E-state index contributed by atoms with van der Waals surface area (Å²) in [5.41, 5.74) is 1.21. The van der Waals surface area contributed by atoms with Gasteiger partial charge in [0.25, 0.3) is 0 Å².